The van der Waals surface area contributed by atoms with Crippen molar-refractivity contribution in [2.75, 3.05) is 6.54 Å². The van der Waals surface area contributed by atoms with Crippen molar-refractivity contribution in [2.45, 2.75) is 45.3 Å². The molecule has 1 aliphatic rings. The summed E-state index contributed by atoms with van der Waals surface area (Å²) in [4.78, 5) is 0. The van der Waals surface area contributed by atoms with Crippen molar-refractivity contribution in [1.29, 1.82) is 0 Å². The summed E-state index contributed by atoms with van der Waals surface area (Å²) in [7, 11) is 0. The van der Waals surface area contributed by atoms with Crippen LogP contribution in [0.2, 0.25) is 0 Å². The minimum Gasteiger partial charge on any atom is -0.389 e. The minimum atomic E-state index is -0.588. The lowest BCUT2D eigenvalue weighted by molar-refractivity contribution is 0.0440. The Morgan fingerprint density at radius 1 is 1.55 bits per heavy atom. The van der Waals surface area contributed by atoms with Crippen LogP contribution in [0.1, 0.15) is 33.6 Å². The Kier molecular flexibility index (Phi) is 2.55. The zero-order valence-corrected chi connectivity index (χ0v) is 7.72. The topological polar surface area (TPSA) is 32.3 Å². The first-order valence-corrected chi connectivity index (χ1v) is 4.46. The summed E-state index contributed by atoms with van der Waals surface area (Å²) in [5.74, 6) is 0.889. The third-order valence-corrected chi connectivity index (χ3v) is 2.47. The summed E-state index contributed by atoms with van der Waals surface area (Å²) in [6.45, 7) is 6.79. The molecule has 11 heavy (non-hydrogen) atoms. The highest BCUT2D eigenvalue weighted by molar-refractivity contribution is 4.83. The fourth-order valence-corrected chi connectivity index (χ4v) is 0.915. The van der Waals surface area contributed by atoms with Gasteiger partial charge in [0.15, 0.2) is 0 Å². The largest absolute Gasteiger partial charge is 0.389 e. The van der Waals surface area contributed by atoms with Crippen molar-refractivity contribution in [3.05, 3.63) is 0 Å². The van der Waals surface area contributed by atoms with Crippen LogP contribution in [0.5, 0.6) is 0 Å². The predicted octanol–water partition coefficient (Wildman–Crippen LogP) is 1.15. The molecular weight excluding hydrogens is 138 g/mol. The van der Waals surface area contributed by atoms with Gasteiger partial charge in [-0.1, -0.05) is 0 Å². The number of nitrogens with one attached hydrogen (secondary N) is 1. The molecule has 0 aromatic heterocycles. The van der Waals surface area contributed by atoms with E-state index in [0.29, 0.717) is 0 Å². The fourth-order valence-electron chi connectivity index (χ4n) is 0.915. The maximum Gasteiger partial charge on any atom is 0.0741 e. The number of hydrogen-bond donors (Lipinski definition) is 2. The van der Waals surface area contributed by atoms with Crippen LogP contribution in [0.3, 0.4) is 0 Å². The first kappa shape index (κ1) is 9.01. The summed E-state index contributed by atoms with van der Waals surface area (Å²) >= 11 is 0. The van der Waals surface area contributed by atoms with E-state index in [2.05, 4.69) is 5.32 Å². The van der Waals surface area contributed by atoms with Crippen LogP contribution >= 0.6 is 0 Å². The van der Waals surface area contributed by atoms with Gasteiger partial charge in [-0.25, -0.2) is 0 Å². The van der Waals surface area contributed by atoms with E-state index in [1.54, 1.807) is 0 Å². The molecule has 2 nitrogen and oxygen atoms in total. The fraction of sp³-hybridized carbons (Fsp3) is 1.00. The molecule has 1 aliphatic carbocycles. The van der Waals surface area contributed by atoms with Gasteiger partial charge in [0.2, 0.25) is 0 Å². The Hall–Kier alpha value is -0.0800. The van der Waals surface area contributed by atoms with E-state index in [1.165, 1.54) is 12.8 Å². The van der Waals surface area contributed by atoms with Crippen LogP contribution in [0.25, 0.3) is 0 Å². The molecule has 0 radical (unpaired) electrons. The zero-order chi connectivity index (χ0) is 8.48. The van der Waals surface area contributed by atoms with Crippen molar-refractivity contribution in [1.82, 2.24) is 5.32 Å². The molecule has 1 fully saturated rings. The molecule has 0 aromatic carbocycles. The highest BCUT2D eigenvalue weighted by Crippen LogP contribution is 2.28. The van der Waals surface area contributed by atoms with Crippen LogP contribution in [-0.4, -0.2) is 23.3 Å². The molecule has 2 heteroatoms. The molecule has 1 unspecified atom stereocenters. The van der Waals surface area contributed by atoms with Gasteiger partial charge in [0.25, 0.3) is 0 Å². The van der Waals surface area contributed by atoms with Gasteiger partial charge in [-0.05, 0) is 46.1 Å². The average molecular weight is 157 g/mol. The van der Waals surface area contributed by atoms with E-state index in [9.17, 15) is 5.11 Å². The van der Waals surface area contributed by atoms with Gasteiger partial charge >= 0.3 is 0 Å². The van der Waals surface area contributed by atoms with Gasteiger partial charge in [0.05, 0.1) is 5.60 Å². The molecule has 0 aliphatic heterocycles. The zero-order valence-electron chi connectivity index (χ0n) is 7.72. The van der Waals surface area contributed by atoms with Crippen molar-refractivity contribution >= 4 is 0 Å². The van der Waals surface area contributed by atoms with Gasteiger partial charge in [0, 0.05) is 6.04 Å². The Labute approximate surface area is 69.0 Å². The third-order valence-electron chi connectivity index (χ3n) is 2.47. The summed E-state index contributed by atoms with van der Waals surface area (Å²) in [5, 5.41) is 12.9. The van der Waals surface area contributed by atoms with E-state index in [-0.39, 0.29) is 6.04 Å². The SMILES string of the molecule is CC(NCC1CC1)C(C)(C)O. The maximum atomic E-state index is 9.56. The van der Waals surface area contributed by atoms with Crippen molar-refractivity contribution in [3.63, 3.8) is 0 Å². The Morgan fingerprint density at radius 2 is 2.09 bits per heavy atom. The quantitative estimate of drug-likeness (QED) is 0.641. The van der Waals surface area contributed by atoms with Crippen LogP contribution in [0, 0.1) is 5.92 Å². The van der Waals surface area contributed by atoms with Gasteiger partial charge in [-0.3, -0.25) is 0 Å². The average Bonchev–Trinajstić information content (AvgIpc) is 2.62. The van der Waals surface area contributed by atoms with E-state index >= 15 is 0 Å². The summed E-state index contributed by atoms with van der Waals surface area (Å²) < 4.78 is 0. The van der Waals surface area contributed by atoms with Crippen LogP contribution in [0.15, 0.2) is 0 Å². The molecule has 0 amide bonds. The van der Waals surface area contributed by atoms with E-state index in [4.69, 9.17) is 0 Å². The van der Waals surface area contributed by atoms with E-state index < -0.39 is 5.60 Å². The first-order chi connectivity index (χ1) is 5.00. The number of hydrogen-bond acceptors (Lipinski definition) is 2. The normalized spacial score (nSPS) is 21.8. The second-order valence-electron chi connectivity index (χ2n) is 4.23. The molecule has 2 N–H and O–H groups in total. The Balaban J connectivity index is 2.13. The standard InChI is InChI=1S/C9H19NO/c1-7(9(2,3)11)10-6-8-4-5-8/h7-8,10-11H,4-6H2,1-3H3. The lowest BCUT2D eigenvalue weighted by Crippen LogP contribution is -2.45. The lowest BCUT2D eigenvalue weighted by Gasteiger charge is -2.26. The van der Waals surface area contributed by atoms with Gasteiger partial charge in [0.1, 0.15) is 0 Å². The van der Waals surface area contributed by atoms with Crippen LogP contribution in [-0.2, 0) is 0 Å². The maximum absolute atomic E-state index is 9.56. The highest BCUT2D eigenvalue weighted by Gasteiger charge is 2.26. The molecule has 0 heterocycles. The Morgan fingerprint density at radius 3 is 2.45 bits per heavy atom. The van der Waals surface area contributed by atoms with Crippen LogP contribution in [0.4, 0.5) is 0 Å². The summed E-state index contributed by atoms with van der Waals surface area (Å²) in [5.41, 5.74) is -0.588. The Bertz CT molecular complexity index is 124. The molecule has 1 saturated carbocycles. The van der Waals surface area contributed by atoms with Crippen molar-refractivity contribution < 1.29 is 5.11 Å². The summed E-state index contributed by atoms with van der Waals surface area (Å²) in [6.07, 6.45) is 2.73. The number of rotatable bonds is 4. The molecule has 66 valence electrons. The third kappa shape index (κ3) is 3.21. The first-order valence-electron chi connectivity index (χ1n) is 4.46. The molecule has 0 bridgehead atoms. The molecule has 0 spiro atoms. The minimum absolute atomic E-state index is 0.197. The van der Waals surface area contributed by atoms with Gasteiger partial charge in [-0.15, -0.1) is 0 Å². The second-order valence-corrected chi connectivity index (χ2v) is 4.23. The molecule has 0 saturated heterocycles. The van der Waals surface area contributed by atoms with Crippen molar-refractivity contribution in [2.24, 2.45) is 5.92 Å². The van der Waals surface area contributed by atoms with E-state index in [0.717, 1.165) is 12.5 Å². The molecule has 0 aromatic rings. The monoisotopic (exact) mass is 157 g/mol. The van der Waals surface area contributed by atoms with Crippen LogP contribution < -0.4 is 5.32 Å². The van der Waals surface area contributed by atoms with Gasteiger partial charge < -0.3 is 10.4 Å². The molecule has 1 atom stereocenters. The number of aliphatic hydroxyl groups is 1. The lowest BCUT2D eigenvalue weighted by atomic mass is 10.0. The second kappa shape index (κ2) is 3.11. The van der Waals surface area contributed by atoms with Crippen molar-refractivity contribution in [3.8, 4) is 0 Å². The van der Waals surface area contributed by atoms with E-state index in [1.807, 2.05) is 20.8 Å². The van der Waals surface area contributed by atoms with Gasteiger partial charge in [-0.2, -0.15) is 0 Å². The summed E-state index contributed by atoms with van der Waals surface area (Å²) in [6, 6.07) is 0.197. The predicted molar refractivity (Wildman–Crippen MR) is 46.5 cm³/mol. The smallest absolute Gasteiger partial charge is 0.0741 e. The molecular formula is C9H19NO. The molecule has 1 rings (SSSR count). The highest BCUT2D eigenvalue weighted by atomic mass is 16.3.